The van der Waals surface area contributed by atoms with Crippen molar-refractivity contribution in [3.05, 3.63) is 17.2 Å². The molecule has 0 aliphatic carbocycles. The summed E-state index contributed by atoms with van der Waals surface area (Å²) in [6.45, 7) is 4.05. The Kier molecular flexibility index (Phi) is 5.23. The predicted octanol–water partition coefficient (Wildman–Crippen LogP) is 3.93. The first-order valence-electron chi connectivity index (χ1n) is 9.61. The third kappa shape index (κ3) is 3.82. The first kappa shape index (κ1) is 20.4. The standard InChI is InChI=1S/C19H23ClF3N5O/c1-18(2,9-21)27-16-12-7-24-15(20)13(23)14(12)25-17(26-16)29-10-19-4-3-5-28(19)8-11(22)6-19/h7,11H,3-6,8-10H2,1-2H3,(H,25,26,27)/t11-,19+/m1/s1. The minimum absolute atomic E-state index is 0.0669. The van der Waals surface area contributed by atoms with Crippen molar-refractivity contribution in [3.63, 3.8) is 0 Å². The maximum absolute atomic E-state index is 14.6. The Morgan fingerprint density at radius 1 is 1.41 bits per heavy atom. The van der Waals surface area contributed by atoms with Crippen LogP contribution in [0.5, 0.6) is 6.01 Å². The number of rotatable bonds is 6. The highest BCUT2D eigenvalue weighted by atomic mass is 35.5. The Morgan fingerprint density at radius 3 is 2.97 bits per heavy atom. The second-order valence-electron chi connectivity index (χ2n) is 8.49. The minimum atomic E-state index is -0.942. The summed E-state index contributed by atoms with van der Waals surface area (Å²) in [6.07, 6.45) is 2.64. The third-order valence-corrected chi connectivity index (χ3v) is 5.91. The van der Waals surface area contributed by atoms with Gasteiger partial charge < -0.3 is 10.1 Å². The largest absolute Gasteiger partial charge is 0.461 e. The van der Waals surface area contributed by atoms with Gasteiger partial charge in [0.15, 0.2) is 11.0 Å². The molecule has 2 fully saturated rings. The number of hydrogen-bond donors (Lipinski definition) is 1. The lowest BCUT2D eigenvalue weighted by Crippen LogP contribution is -2.43. The summed E-state index contributed by atoms with van der Waals surface area (Å²) in [5.74, 6) is -0.603. The predicted molar refractivity (Wildman–Crippen MR) is 105 cm³/mol. The highest BCUT2D eigenvalue weighted by Crippen LogP contribution is 2.40. The Bertz CT molecular complexity index is 930. The van der Waals surface area contributed by atoms with E-state index in [9.17, 15) is 13.2 Å². The molecule has 0 saturated carbocycles. The molecular formula is C19H23ClF3N5O. The normalized spacial score (nSPS) is 24.8. The molecule has 10 heteroatoms. The maximum atomic E-state index is 14.6. The molecule has 0 spiro atoms. The molecule has 158 valence electrons. The van der Waals surface area contributed by atoms with Crippen molar-refractivity contribution in [1.29, 1.82) is 0 Å². The molecule has 0 aromatic carbocycles. The maximum Gasteiger partial charge on any atom is 0.319 e. The van der Waals surface area contributed by atoms with Gasteiger partial charge in [-0.3, -0.25) is 4.90 Å². The number of alkyl halides is 2. The first-order valence-corrected chi connectivity index (χ1v) is 9.99. The molecule has 2 aliphatic heterocycles. The van der Waals surface area contributed by atoms with Crippen LogP contribution in [-0.2, 0) is 0 Å². The van der Waals surface area contributed by atoms with Gasteiger partial charge in [-0.05, 0) is 33.2 Å². The molecule has 0 bridgehead atoms. The van der Waals surface area contributed by atoms with E-state index in [0.717, 1.165) is 19.4 Å². The lowest BCUT2D eigenvalue weighted by Gasteiger charge is -2.31. The van der Waals surface area contributed by atoms with Gasteiger partial charge in [-0.25, -0.2) is 18.2 Å². The molecule has 2 atom stereocenters. The van der Waals surface area contributed by atoms with E-state index >= 15 is 0 Å². The molecule has 0 radical (unpaired) electrons. The first-order chi connectivity index (χ1) is 13.7. The molecule has 29 heavy (non-hydrogen) atoms. The summed E-state index contributed by atoms with van der Waals surface area (Å²) in [5, 5.41) is 2.90. The van der Waals surface area contributed by atoms with Crippen molar-refractivity contribution in [1.82, 2.24) is 19.9 Å². The van der Waals surface area contributed by atoms with Crippen molar-refractivity contribution in [2.45, 2.75) is 50.4 Å². The summed E-state index contributed by atoms with van der Waals surface area (Å²) in [5.41, 5.74) is -1.40. The zero-order chi connectivity index (χ0) is 20.8. The summed E-state index contributed by atoms with van der Waals surface area (Å²) >= 11 is 5.81. The highest BCUT2D eigenvalue weighted by Gasteiger charge is 2.49. The van der Waals surface area contributed by atoms with Crippen molar-refractivity contribution in [2.75, 3.05) is 31.7 Å². The molecule has 2 aromatic rings. The number of nitrogens with one attached hydrogen (secondary N) is 1. The van der Waals surface area contributed by atoms with Crippen molar-refractivity contribution in [2.24, 2.45) is 0 Å². The molecule has 1 N–H and O–H groups in total. The summed E-state index contributed by atoms with van der Waals surface area (Å²) in [6, 6.07) is -0.0700. The zero-order valence-electron chi connectivity index (χ0n) is 16.3. The molecule has 6 nitrogen and oxygen atoms in total. The fourth-order valence-corrected chi connectivity index (χ4v) is 4.31. The van der Waals surface area contributed by atoms with Crippen LogP contribution >= 0.6 is 11.6 Å². The molecule has 2 aromatic heterocycles. The smallest absolute Gasteiger partial charge is 0.319 e. The summed E-state index contributed by atoms with van der Waals surface area (Å²) in [7, 11) is 0. The van der Waals surface area contributed by atoms with Crippen LogP contribution in [0.15, 0.2) is 6.20 Å². The number of ether oxygens (including phenoxy) is 1. The average Bonchev–Trinajstić information content (AvgIpc) is 3.19. The van der Waals surface area contributed by atoms with Gasteiger partial charge in [0.1, 0.15) is 30.8 Å². The van der Waals surface area contributed by atoms with Gasteiger partial charge in [0.05, 0.1) is 16.5 Å². The van der Waals surface area contributed by atoms with Crippen molar-refractivity contribution in [3.8, 4) is 6.01 Å². The molecular weight excluding hydrogens is 407 g/mol. The summed E-state index contributed by atoms with van der Waals surface area (Å²) < 4.78 is 47.7. The molecule has 2 aliphatic rings. The van der Waals surface area contributed by atoms with E-state index in [4.69, 9.17) is 16.3 Å². The van der Waals surface area contributed by atoms with Gasteiger partial charge in [-0.1, -0.05) is 11.6 Å². The van der Waals surface area contributed by atoms with E-state index in [1.165, 1.54) is 6.20 Å². The van der Waals surface area contributed by atoms with Crippen molar-refractivity contribution < 1.29 is 17.9 Å². The van der Waals surface area contributed by atoms with Gasteiger partial charge in [0, 0.05) is 19.2 Å². The SMILES string of the molecule is CC(C)(CF)Nc1nc(OC[C@@]23CCCN2C[C@H](F)C3)nc2c(F)c(Cl)ncc12. The Labute approximate surface area is 171 Å². The lowest BCUT2D eigenvalue weighted by atomic mass is 9.95. The Balaban J connectivity index is 1.68. The van der Waals surface area contributed by atoms with Crippen LogP contribution in [0.4, 0.5) is 19.0 Å². The van der Waals surface area contributed by atoms with Gasteiger partial charge in [0.25, 0.3) is 0 Å². The van der Waals surface area contributed by atoms with E-state index in [-0.39, 0.29) is 34.5 Å². The second kappa shape index (κ2) is 7.43. The highest BCUT2D eigenvalue weighted by molar-refractivity contribution is 6.30. The van der Waals surface area contributed by atoms with Crippen LogP contribution in [0.2, 0.25) is 5.15 Å². The lowest BCUT2D eigenvalue weighted by molar-refractivity contribution is 0.107. The summed E-state index contributed by atoms with van der Waals surface area (Å²) in [4.78, 5) is 14.4. The number of nitrogens with zero attached hydrogens (tertiary/aromatic N) is 4. The van der Waals surface area contributed by atoms with Gasteiger partial charge >= 0.3 is 6.01 Å². The average molecular weight is 430 g/mol. The van der Waals surface area contributed by atoms with Crippen LogP contribution in [-0.4, -0.2) is 63.5 Å². The monoisotopic (exact) mass is 429 g/mol. The molecule has 4 rings (SSSR count). The molecule has 2 saturated heterocycles. The quantitative estimate of drug-likeness (QED) is 0.702. The van der Waals surface area contributed by atoms with Crippen LogP contribution in [0, 0.1) is 5.82 Å². The van der Waals surface area contributed by atoms with E-state index in [1.54, 1.807) is 13.8 Å². The van der Waals surface area contributed by atoms with Crippen LogP contribution in [0.25, 0.3) is 10.9 Å². The Morgan fingerprint density at radius 2 is 2.21 bits per heavy atom. The number of pyridine rings is 1. The van der Waals surface area contributed by atoms with E-state index in [0.29, 0.717) is 13.0 Å². The number of aromatic nitrogens is 3. The van der Waals surface area contributed by atoms with Gasteiger partial charge in [0.2, 0.25) is 0 Å². The Hall–Kier alpha value is -1.87. The minimum Gasteiger partial charge on any atom is -0.461 e. The van der Waals surface area contributed by atoms with E-state index in [1.807, 2.05) is 0 Å². The van der Waals surface area contributed by atoms with E-state index < -0.39 is 29.7 Å². The molecule has 0 amide bonds. The number of halogens is 4. The fourth-order valence-electron chi connectivity index (χ4n) is 4.18. The van der Waals surface area contributed by atoms with Crippen LogP contribution in [0.1, 0.15) is 33.1 Å². The topological polar surface area (TPSA) is 63.2 Å². The van der Waals surface area contributed by atoms with Crippen molar-refractivity contribution >= 4 is 28.3 Å². The van der Waals surface area contributed by atoms with Gasteiger partial charge in [-0.2, -0.15) is 9.97 Å². The van der Waals surface area contributed by atoms with E-state index in [2.05, 4.69) is 25.2 Å². The number of hydrogen-bond acceptors (Lipinski definition) is 6. The number of anilines is 1. The molecule has 4 heterocycles. The second-order valence-corrected chi connectivity index (χ2v) is 8.84. The van der Waals surface area contributed by atoms with Crippen LogP contribution in [0.3, 0.4) is 0 Å². The number of fused-ring (bicyclic) bond motifs is 2. The van der Waals surface area contributed by atoms with Gasteiger partial charge in [-0.15, -0.1) is 0 Å². The zero-order valence-corrected chi connectivity index (χ0v) is 17.1. The molecule has 0 unspecified atom stereocenters. The van der Waals surface area contributed by atoms with Crippen LogP contribution < -0.4 is 10.1 Å². The third-order valence-electron chi connectivity index (χ3n) is 5.64. The fraction of sp³-hybridized carbons (Fsp3) is 0.632.